The fourth-order valence-corrected chi connectivity index (χ4v) is 3.21. The van der Waals surface area contributed by atoms with Gasteiger partial charge < -0.3 is 20.7 Å². The van der Waals surface area contributed by atoms with Gasteiger partial charge in [0.2, 0.25) is 0 Å². The molecule has 6 heteroatoms. The monoisotopic (exact) mass is 485 g/mol. The Hall–Kier alpha value is -2.70. The van der Waals surface area contributed by atoms with Gasteiger partial charge in [-0.2, -0.15) is 0 Å². The lowest BCUT2D eigenvalue weighted by molar-refractivity contribution is 0.210. The molecule has 0 bridgehead atoms. The van der Waals surface area contributed by atoms with E-state index in [1.807, 2.05) is 68.5 Å². The summed E-state index contributed by atoms with van der Waals surface area (Å²) in [7, 11) is 1.82. The molecule has 0 saturated carbocycles. The van der Waals surface area contributed by atoms with Crippen LogP contribution in [0.4, 0.5) is 11.5 Å². The van der Waals surface area contributed by atoms with Gasteiger partial charge in [0, 0.05) is 48.0 Å². The van der Waals surface area contributed by atoms with Crippen molar-refractivity contribution in [2.45, 2.75) is 81.8 Å². The molecule has 1 atom stereocenters. The highest BCUT2D eigenvalue weighted by molar-refractivity contribution is 5.91. The summed E-state index contributed by atoms with van der Waals surface area (Å²) in [6.45, 7) is 24.8. The number of rotatable bonds is 8. The number of aliphatic hydroxyl groups excluding tert-OH is 1. The van der Waals surface area contributed by atoms with Crippen LogP contribution in [0.5, 0.6) is 0 Å². The number of pyridine rings is 1. The lowest BCUT2D eigenvalue weighted by Crippen LogP contribution is -2.36. The second-order valence-electron chi connectivity index (χ2n) is 6.98. The molecule has 4 N–H and O–H groups in total. The zero-order valence-electron chi connectivity index (χ0n) is 24.1. The molecule has 2 heterocycles. The predicted molar refractivity (Wildman–Crippen MR) is 158 cm³/mol. The van der Waals surface area contributed by atoms with Crippen molar-refractivity contribution >= 4 is 29.1 Å². The molecule has 35 heavy (non-hydrogen) atoms. The van der Waals surface area contributed by atoms with Crippen LogP contribution in [0, 0.1) is 5.92 Å². The van der Waals surface area contributed by atoms with E-state index in [9.17, 15) is 5.11 Å². The average Bonchev–Trinajstić information content (AvgIpc) is 3.36. The van der Waals surface area contributed by atoms with Crippen LogP contribution in [0.2, 0.25) is 0 Å². The number of aliphatic hydroxyl groups is 1. The van der Waals surface area contributed by atoms with E-state index in [0.717, 1.165) is 34.4 Å². The van der Waals surface area contributed by atoms with Gasteiger partial charge >= 0.3 is 0 Å². The number of aliphatic imine (C=N–C) groups is 1. The number of nitrogens with zero attached hydrogens (tertiary/aromatic N) is 2. The van der Waals surface area contributed by atoms with Crippen LogP contribution in [0.25, 0.3) is 22.2 Å². The summed E-state index contributed by atoms with van der Waals surface area (Å²) in [6.07, 6.45) is 1.76. The third-order valence-electron chi connectivity index (χ3n) is 4.86. The normalized spacial score (nSPS) is 10.3. The third kappa shape index (κ3) is 10.2. The van der Waals surface area contributed by atoms with Crippen molar-refractivity contribution in [2.75, 3.05) is 19.0 Å². The average molecular weight is 486 g/mol. The van der Waals surface area contributed by atoms with Gasteiger partial charge in [0.15, 0.2) is 5.82 Å². The van der Waals surface area contributed by atoms with Gasteiger partial charge in [0.05, 0.1) is 6.61 Å². The van der Waals surface area contributed by atoms with Gasteiger partial charge in [-0.3, -0.25) is 4.99 Å². The molecule has 0 amide bonds. The first-order valence-corrected chi connectivity index (χ1v) is 13.2. The fraction of sp³-hybridized carbons (Fsp3) is 0.517. The zero-order chi connectivity index (χ0) is 27.4. The maximum Gasteiger partial charge on any atom is 0.152 e. The number of hydrogen-bond donors (Lipinski definition) is 4. The SMILES string of the molecule is C=Nc1c(-c2cc3cc(CNC(CO)C(C)C)ccc3[nH]2)ccnc1NC.CC.CC.CC.CC. The van der Waals surface area contributed by atoms with Crippen LogP contribution in [0.3, 0.4) is 0 Å². The number of hydrogen-bond acceptors (Lipinski definition) is 5. The number of nitrogens with one attached hydrogen (secondary N) is 3. The smallest absolute Gasteiger partial charge is 0.152 e. The van der Waals surface area contributed by atoms with Crippen LogP contribution in [-0.2, 0) is 6.54 Å². The summed E-state index contributed by atoms with van der Waals surface area (Å²) < 4.78 is 0. The summed E-state index contributed by atoms with van der Waals surface area (Å²) in [6, 6.07) is 10.5. The van der Waals surface area contributed by atoms with Gasteiger partial charge in [-0.25, -0.2) is 4.98 Å². The second kappa shape index (κ2) is 20.7. The Balaban J connectivity index is 0. The van der Waals surface area contributed by atoms with Crippen molar-refractivity contribution in [3.63, 3.8) is 0 Å². The van der Waals surface area contributed by atoms with E-state index in [1.165, 1.54) is 5.56 Å². The molecule has 6 nitrogen and oxygen atoms in total. The van der Waals surface area contributed by atoms with E-state index in [0.29, 0.717) is 11.7 Å². The summed E-state index contributed by atoms with van der Waals surface area (Å²) >= 11 is 0. The van der Waals surface area contributed by atoms with Crippen LogP contribution < -0.4 is 10.6 Å². The molecule has 0 saturated heterocycles. The number of anilines is 1. The molecule has 0 aliphatic rings. The van der Waals surface area contributed by atoms with Gasteiger partial charge in [-0.15, -0.1) is 0 Å². The Morgan fingerprint density at radius 1 is 1.00 bits per heavy atom. The lowest BCUT2D eigenvalue weighted by atomic mass is 10.0. The first-order valence-electron chi connectivity index (χ1n) is 13.2. The minimum Gasteiger partial charge on any atom is -0.395 e. The van der Waals surface area contributed by atoms with Gasteiger partial charge in [0.25, 0.3) is 0 Å². The van der Waals surface area contributed by atoms with Crippen LogP contribution in [0.15, 0.2) is 41.5 Å². The van der Waals surface area contributed by atoms with Crippen LogP contribution in [-0.4, -0.2) is 41.5 Å². The molecule has 0 aliphatic carbocycles. The van der Waals surface area contributed by atoms with Gasteiger partial charge in [-0.05, 0) is 42.5 Å². The Bertz CT molecular complexity index is 934. The quantitative estimate of drug-likeness (QED) is 0.245. The van der Waals surface area contributed by atoms with Crippen LogP contribution in [0.1, 0.15) is 74.8 Å². The molecule has 0 spiro atoms. The van der Waals surface area contributed by atoms with Crippen LogP contribution >= 0.6 is 0 Å². The van der Waals surface area contributed by atoms with Gasteiger partial charge in [0.1, 0.15) is 5.69 Å². The standard InChI is InChI=1S/C21H27N5O.4C2H6/c1-13(2)19(12-27)25-11-14-5-6-17-15(9-14)10-18(26-17)16-7-8-24-21(23-4)20(16)22-3;4*1-2/h5-10,13,19,25-27H,3,11-12H2,1-2,4H3,(H,23,24);4*1-2H3. The molecule has 1 aromatic carbocycles. The first kappa shape index (κ1) is 34.5. The number of aromatic amines is 1. The minimum absolute atomic E-state index is 0.0977. The van der Waals surface area contributed by atoms with E-state index in [-0.39, 0.29) is 12.6 Å². The first-order chi connectivity index (χ1) is 17.1. The topological polar surface area (TPSA) is 85.3 Å². The molecular formula is C29H51N5O. The Morgan fingerprint density at radius 2 is 1.63 bits per heavy atom. The zero-order valence-corrected chi connectivity index (χ0v) is 24.1. The molecule has 198 valence electrons. The van der Waals surface area contributed by atoms with E-state index in [4.69, 9.17) is 0 Å². The molecule has 0 aliphatic heterocycles. The molecule has 3 aromatic rings. The second-order valence-corrected chi connectivity index (χ2v) is 6.98. The Labute approximate surface area is 214 Å². The summed E-state index contributed by atoms with van der Waals surface area (Å²) in [5.41, 5.74) is 4.91. The number of fused-ring (bicyclic) bond motifs is 1. The molecule has 1 unspecified atom stereocenters. The van der Waals surface area contributed by atoms with E-state index >= 15 is 0 Å². The maximum atomic E-state index is 9.48. The summed E-state index contributed by atoms with van der Waals surface area (Å²) in [5.74, 6) is 1.09. The Kier molecular flexibility index (Phi) is 20.3. The highest BCUT2D eigenvalue weighted by atomic mass is 16.3. The minimum atomic E-state index is 0.0977. The Morgan fingerprint density at radius 3 is 2.14 bits per heavy atom. The fourth-order valence-electron chi connectivity index (χ4n) is 3.21. The summed E-state index contributed by atoms with van der Waals surface area (Å²) in [4.78, 5) is 11.9. The molecule has 2 aromatic heterocycles. The largest absolute Gasteiger partial charge is 0.395 e. The van der Waals surface area contributed by atoms with Crippen molar-refractivity contribution < 1.29 is 5.11 Å². The molecule has 0 radical (unpaired) electrons. The van der Waals surface area contributed by atoms with Crippen molar-refractivity contribution in [1.82, 2.24) is 15.3 Å². The van der Waals surface area contributed by atoms with Crippen molar-refractivity contribution in [3.05, 3.63) is 42.1 Å². The van der Waals surface area contributed by atoms with Crippen molar-refractivity contribution in [1.29, 1.82) is 0 Å². The van der Waals surface area contributed by atoms with Crippen molar-refractivity contribution in [3.8, 4) is 11.3 Å². The highest BCUT2D eigenvalue weighted by Crippen LogP contribution is 2.35. The number of H-pyrrole nitrogens is 1. The molecule has 3 rings (SSSR count). The lowest BCUT2D eigenvalue weighted by Gasteiger charge is -2.19. The van der Waals surface area contributed by atoms with Gasteiger partial charge in [-0.1, -0.05) is 75.3 Å². The maximum absolute atomic E-state index is 9.48. The molecular weight excluding hydrogens is 434 g/mol. The predicted octanol–water partition coefficient (Wildman–Crippen LogP) is 7.82. The molecule has 0 fully saturated rings. The third-order valence-corrected chi connectivity index (χ3v) is 4.86. The van der Waals surface area contributed by atoms with E-state index in [1.54, 1.807) is 6.20 Å². The number of aromatic nitrogens is 2. The van der Waals surface area contributed by atoms with E-state index < -0.39 is 0 Å². The summed E-state index contributed by atoms with van der Waals surface area (Å²) in [5, 5.41) is 17.1. The van der Waals surface area contributed by atoms with Crippen molar-refractivity contribution in [2.24, 2.45) is 10.9 Å². The number of benzene rings is 1. The van der Waals surface area contributed by atoms with E-state index in [2.05, 4.69) is 70.4 Å². The highest BCUT2D eigenvalue weighted by Gasteiger charge is 2.13.